The summed E-state index contributed by atoms with van der Waals surface area (Å²) in [4.78, 5) is 12.9. The standard InChI is InChI=1S/C12H17FN2O2/c1-8(12(16)15(2)3)17-11-5-4-9(7-14)6-10(11)13/h4-6,8H,7,14H2,1-3H3. The van der Waals surface area contributed by atoms with Crippen LogP contribution in [0.3, 0.4) is 0 Å². The zero-order valence-electron chi connectivity index (χ0n) is 10.2. The van der Waals surface area contributed by atoms with Gasteiger partial charge in [0.25, 0.3) is 5.91 Å². The first-order valence-electron chi connectivity index (χ1n) is 5.32. The van der Waals surface area contributed by atoms with Gasteiger partial charge in [0.1, 0.15) is 0 Å². The summed E-state index contributed by atoms with van der Waals surface area (Å²) < 4.78 is 18.8. The lowest BCUT2D eigenvalue weighted by Crippen LogP contribution is -2.35. The number of carbonyl (C=O) groups excluding carboxylic acids is 1. The Hall–Kier alpha value is -1.62. The highest BCUT2D eigenvalue weighted by Crippen LogP contribution is 2.19. The van der Waals surface area contributed by atoms with Crippen LogP contribution < -0.4 is 10.5 Å². The summed E-state index contributed by atoms with van der Waals surface area (Å²) in [5, 5.41) is 0. The third kappa shape index (κ3) is 3.42. The van der Waals surface area contributed by atoms with Crippen LogP contribution in [0.1, 0.15) is 12.5 Å². The first-order valence-corrected chi connectivity index (χ1v) is 5.32. The van der Waals surface area contributed by atoms with E-state index in [1.165, 1.54) is 17.0 Å². The molecule has 0 aromatic heterocycles. The van der Waals surface area contributed by atoms with Crippen molar-refractivity contribution in [2.75, 3.05) is 14.1 Å². The third-order valence-corrected chi connectivity index (χ3v) is 2.32. The molecular formula is C12H17FN2O2. The molecule has 1 amide bonds. The number of hydrogen-bond acceptors (Lipinski definition) is 3. The topological polar surface area (TPSA) is 55.6 Å². The summed E-state index contributed by atoms with van der Waals surface area (Å²) >= 11 is 0. The van der Waals surface area contributed by atoms with Crippen molar-refractivity contribution in [3.05, 3.63) is 29.6 Å². The summed E-state index contributed by atoms with van der Waals surface area (Å²) in [6, 6.07) is 4.46. The van der Waals surface area contributed by atoms with Crippen LogP contribution in [0.2, 0.25) is 0 Å². The molecule has 0 bridgehead atoms. The van der Waals surface area contributed by atoms with E-state index >= 15 is 0 Å². The number of ether oxygens (including phenoxy) is 1. The van der Waals surface area contributed by atoms with Crippen LogP contribution in [0.15, 0.2) is 18.2 Å². The molecule has 0 radical (unpaired) electrons. The van der Waals surface area contributed by atoms with Crippen LogP contribution in [0.5, 0.6) is 5.75 Å². The molecule has 0 saturated carbocycles. The molecular weight excluding hydrogens is 223 g/mol. The van der Waals surface area contributed by atoms with Gasteiger partial charge in [0.05, 0.1) is 0 Å². The molecule has 0 heterocycles. The number of halogens is 1. The quantitative estimate of drug-likeness (QED) is 0.858. The molecule has 0 aliphatic carbocycles. The van der Waals surface area contributed by atoms with E-state index in [-0.39, 0.29) is 18.2 Å². The predicted molar refractivity (Wildman–Crippen MR) is 63.1 cm³/mol. The third-order valence-electron chi connectivity index (χ3n) is 2.32. The molecule has 2 N–H and O–H groups in total. The number of carbonyl (C=O) groups is 1. The van der Waals surface area contributed by atoms with Crippen molar-refractivity contribution in [3.63, 3.8) is 0 Å². The van der Waals surface area contributed by atoms with Crippen molar-refractivity contribution in [2.24, 2.45) is 5.73 Å². The maximum atomic E-state index is 13.6. The highest BCUT2D eigenvalue weighted by molar-refractivity contribution is 5.80. The van der Waals surface area contributed by atoms with E-state index in [0.29, 0.717) is 5.56 Å². The number of likely N-dealkylation sites (N-methyl/N-ethyl adjacent to an activating group) is 1. The van der Waals surface area contributed by atoms with Gasteiger partial charge in [-0.2, -0.15) is 0 Å². The number of amides is 1. The van der Waals surface area contributed by atoms with Gasteiger partial charge in [0.15, 0.2) is 17.7 Å². The van der Waals surface area contributed by atoms with Crippen LogP contribution in [-0.4, -0.2) is 31.0 Å². The number of nitrogens with two attached hydrogens (primary N) is 1. The van der Waals surface area contributed by atoms with Crippen LogP contribution in [0.25, 0.3) is 0 Å². The Morgan fingerprint density at radius 2 is 2.18 bits per heavy atom. The average Bonchev–Trinajstić information content (AvgIpc) is 2.30. The molecule has 4 nitrogen and oxygen atoms in total. The fourth-order valence-electron chi connectivity index (χ4n) is 1.37. The van der Waals surface area contributed by atoms with Crippen molar-refractivity contribution < 1.29 is 13.9 Å². The molecule has 1 rings (SSSR count). The van der Waals surface area contributed by atoms with Gasteiger partial charge < -0.3 is 15.4 Å². The first kappa shape index (κ1) is 13.4. The van der Waals surface area contributed by atoms with Gasteiger partial charge in [0.2, 0.25) is 0 Å². The van der Waals surface area contributed by atoms with E-state index in [1.54, 1.807) is 27.1 Å². The predicted octanol–water partition coefficient (Wildman–Crippen LogP) is 1.14. The molecule has 1 aromatic carbocycles. The van der Waals surface area contributed by atoms with Crippen molar-refractivity contribution in [2.45, 2.75) is 19.6 Å². The minimum Gasteiger partial charge on any atom is -0.478 e. The highest BCUT2D eigenvalue weighted by Gasteiger charge is 2.18. The number of nitrogens with zero attached hydrogens (tertiary/aromatic N) is 1. The Morgan fingerprint density at radius 1 is 1.53 bits per heavy atom. The molecule has 1 atom stereocenters. The number of benzene rings is 1. The number of hydrogen-bond donors (Lipinski definition) is 1. The Morgan fingerprint density at radius 3 is 2.65 bits per heavy atom. The van der Waals surface area contributed by atoms with Gasteiger partial charge >= 0.3 is 0 Å². The fourth-order valence-corrected chi connectivity index (χ4v) is 1.37. The van der Waals surface area contributed by atoms with E-state index in [2.05, 4.69) is 0 Å². The average molecular weight is 240 g/mol. The molecule has 5 heteroatoms. The van der Waals surface area contributed by atoms with E-state index in [9.17, 15) is 9.18 Å². The molecule has 17 heavy (non-hydrogen) atoms. The monoisotopic (exact) mass is 240 g/mol. The van der Waals surface area contributed by atoms with Crippen molar-refractivity contribution in [3.8, 4) is 5.75 Å². The minimum atomic E-state index is -0.719. The van der Waals surface area contributed by atoms with Gasteiger partial charge in [0, 0.05) is 20.6 Å². The highest BCUT2D eigenvalue weighted by atomic mass is 19.1. The zero-order valence-corrected chi connectivity index (χ0v) is 10.2. The fraction of sp³-hybridized carbons (Fsp3) is 0.417. The normalized spacial score (nSPS) is 12.1. The van der Waals surface area contributed by atoms with E-state index < -0.39 is 11.9 Å². The van der Waals surface area contributed by atoms with Crippen molar-refractivity contribution in [1.82, 2.24) is 4.90 Å². The van der Waals surface area contributed by atoms with Crippen LogP contribution in [0.4, 0.5) is 4.39 Å². The Balaban J connectivity index is 2.78. The zero-order chi connectivity index (χ0) is 13.0. The summed E-state index contributed by atoms with van der Waals surface area (Å²) in [6.45, 7) is 1.85. The molecule has 0 fully saturated rings. The minimum absolute atomic E-state index is 0.0601. The molecule has 0 saturated heterocycles. The second-order valence-corrected chi connectivity index (χ2v) is 3.96. The molecule has 0 spiro atoms. The Labute approximate surface area is 100 Å². The number of rotatable bonds is 4. The van der Waals surface area contributed by atoms with Crippen LogP contribution >= 0.6 is 0 Å². The largest absolute Gasteiger partial charge is 0.478 e. The lowest BCUT2D eigenvalue weighted by Gasteiger charge is -2.18. The maximum absolute atomic E-state index is 13.6. The van der Waals surface area contributed by atoms with Crippen LogP contribution in [0, 0.1) is 5.82 Å². The maximum Gasteiger partial charge on any atom is 0.262 e. The van der Waals surface area contributed by atoms with E-state index in [1.807, 2.05) is 0 Å². The summed E-state index contributed by atoms with van der Waals surface area (Å²) in [5.41, 5.74) is 6.07. The smallest absolute Gasteiger partial charge is 0.262 e. The van der Waals surface area contributed by atoms with Gasteiger partial charge in [-0.1, -0.05) is 6.07 Å². The first-order chi connectivity index (χ1) is 7.95. The van der Waals surface area contributed by atoms with E-state index in [4.69, 9.17) is 10.5 Å². The lowest BCUT2D eigenvalue weighted by atomic mass is 10.2. The van der Waals surface area contributed by atoms with Gasteiger partial charge in [-0.3, -0.25) is 4.79 Å². The SMILES string of the molecule is CC(Oc1ccc(CN)cc1F)C(=O)N(C)C. The second kappa shape index (κ2) is 5.63. The van der Waals surface area contributed by atoms with E-state index in [0.717, 1.165) is 0 Å². The lowest BCUT2D eigenvalue weighted by molar-refractivity contribution is -0.135. The molecule has 0 aliphatic heterocycles. The van der Waals surface area contributed by atoms with Crippen LogP contribution in [-0.2, 0) is 11.3 Å². The van der Waals surface area contributed by atoms with Crippen molar-refractivity contribution >= 4 is 5.91 Å². The summed E-state index contributed by atoms with van der Waals surface area (Å²) in [5.74, 6) is -0.663. The van der Waals surface area contributed by atoms with Gasteiger partial charge in [-0.05, 0) is 24.6 Å². The molecule has 1 aromatic rings. The van der Waals surface area contributed by atoms with Gasteiger partial charge in [-0.25, -0.2) is 4.39 Å². The Kier molecular flexibility index (Phi) is 4.45. The van der Waals surface area contributed by atoms with Crippen molar-refractivity contribution in [1.29, 1.82) is 0 Å². The Bertz CT molecular complexity index is 407. The molecule has 0 aliphatic rings. The molecule has 94 valence electrons. The summed E-state index contributed by atoms with van der Waals surface area (Å²) in [6.07, 6.45) is -0.719. The summed E-state index contributed by atoms with van der Waals surface area (Å²) in [7, 11) is 3.24. The second-order valence-electron chi connectivity index (χ2n) is 3.96. The molecule has 1 unspecified atom stereocenters. The van der Waals surface area contributed by atoms with Gasteiger partial charge in [-0.15, -0.1) is 0 Å².